The normalized spacial score (nSPS) is 15.2. The Hall–Kier alpha value is -2.10. The Kier molecular flexibility index (Phi) is 5.26. The molecule has 4 nitrogen and oxygen atoms in total. The van der Waals surface area contributed by atoms with Crippen molar-refractivity contribution < 1.29 is 8.42 Å². The minimum Gasteiger partial charge on any atom is -0.372 e. The molecule has 25 heavy (non-hydrogen) atoms. The highest BCUT2D eigenvalue weighted by atomic mass is 79.9. The van der Waals surface area contributed by atoms with Gasteiger partial charge in [-0.3, -0.25) is 0 Å². The van der Waals surface area contributed by atoms with E-state index in [0.717, 1.165) is 23.2 Å². The van der Waals surface area contributed by atoms with Gasteiger partial charge in [0.25, 0.3) is 0 Å². The molecule has 0 saturated carbocycles. The molecule has 0 unspecified atom stereocenters. The molecule has 0 amide bonds. The van der Waals surface area contributed by atoms with Gasteiger partial charge in [-0.25, -0.2) is 8.42 Å². The summed E-state index contributed by atoms with van der Waals surface area (Å²) in [5.41, 5.74) is 1.82. The van der Waals surface area contributed by atoms with E-state index in [4.69, 9.17) is 0 Å². The van der Waals surface area contributed by atoms with Crippen molar-refractivity contribution in [1.29, 1.82) is 5.26 Å². The molecule has 2 aromatic carbocycles. The molecule has 3 rings (SSSR count). The number of anilines is 1. The van der Waals surface area contributed by atoms with Gasteiger partial charge in [0.1, 0.15) is 11.0 Å². The van der Waals surface area contributed by atoms with Crippen LogP contribution in [0.4, 0.5) is 5.69 Å². The topological polar surface area (TPSA) is 61.2 Å². The van der Waals surface area contributed by atoms with Crippen LogP contribution >= 0.6 is 15.9 Å². The van der Waals surface area contributed by atoms with Crippen LogP contribution in [0.15, 0.2) is 62.8 Å². The molecular formula is C19H17BrN2O2S. The van der Waals surface area contributed by atoms with Crippen LogP contribution in [0.2, 0.25) is 0 Å². The van der Waals surface area contributed by atoms with Crippen molar-refractivity contribution in [3.8, 4) is 6.07 Å². The zero-order chi connectivity index (χ0) is 17.9. The third-order valence-corrected chi connectivity index (χ3v) is 6.40. The molecular weight excluding hydrogens is 400 g/mol. The van der Waals surface area contributed by atoms with Crippen molar-refractivity contribution in [2.24, 2.45) is 0 Å². The van der Waals surface area contributed by atoms with Crippen LogP contribution in [0.1, 0.15) is 18.4 Å². The fourth-order valence-electron chi connectivity index (χ4n) is 2.82. The Morgan fingerprint density at radius 1 is 1.04 bits per heavy atom. The summed E-state index contributed by atoms with van der Waals surface area (Å²) in [6.45, 7) is 2.10. The lowest BCUT2D eigenvalue weighted by Gasteiger charge is -2.17. The maximum absolute atomic E-state index is 12.6. The van der Waals surface area contributed by atoms with Crippen LogP contribution in [-0.2, 0) is 9.84 Å². The number of nitriles is 1. The van der Waals surface area contributed by atoms with Crippen molar-refractivity contribution in [2.75, 3.05) is 18.0 Å². The lowest BCUT2D eigenvalue weighted by atomic mass is 10.2. The first-order valence-electron chi connectivity index (χ1n) is 7.98. The van der Waals surface area contributed by atoms with E-state index in [-0.39, 0.29) is 9.80 Å². The SMILES string of the molecule is N#C/C(=C\c1ccc(N2CCCC2)cc1)S(=O)(=O)c1ccc(Br)cc1. The molecule has 1 heterocycles. The van der Waals surface area contributed by atoms with Crippen molar-refractivity contribution in [3.63, 3.8) is 0 Å². The maximum atomic E-state index is 12.6. The lowest BCUT2D eigenvalue weighted by Crippen LogP contribution is -2.17. The van der Waals surface area contributed by atoms with Gasteiger partial charge in [-0.2, -0.15) is 5.26 Å². The maximum Gasteiger partial charge on any atom is 0.216 e. The van der Waals surface area contributed by atoms with Crippen molar-refractivity contribution in [3.05, 3.63) is 63.5 Å². The largest absolute Gasteiger partial charge is 0.372 e. The molecule has 128 valence electrons. The van der Waals surface area contributed by atoms with Crippen LogP contribution in [-0.4, -0.2) is 21.5 Å². The number of rotatable bonds is 4. The molecule has 0 aromatic heterocycles. The van der Waals surface area contributed by atoms with Gasteiger partial charge in [0.2, 0.25) is 9.84 Å². The smallest absolute Gasteiger partial charge is 0.216 e. The summed E-state index contributed by atoms with van der Waals surface area (Å²) in [6, 6.07) is 15.7. The Morgan fingerprint density at radius 3 is 2.20 bits per heavy atom. The molecule has 1 saturated heterocycles. The predicted octanol–water partition coefficient (Wildman–Crippen LogP) is 4.39. The highest BCUT2D eigenvalue weighted by molar-refractivity contribution is 9.10. The van der Waals surface area contributed by atoms with E-state index in [0.29, 0.717) is 5.56 Å². The minimum atomic E-state index is -3.82. The van der Waals surface area contributed by atoms with Crippen LogP contribution in [0.3, 0.4) is 0 Å². The van der Waals surface area contributed by atoms with Gasteiger partial charge in [-0.1, -0.05) is 28.1 Å². The van der Waals surface area contributed by atoms with E-state index in [1.54, 1.807) is 12.1 Å². The van der Waals surface area contributed by atoms with Gasteiger partial charge in [0.15, 0.2) is 0 Å². The van der Waals surface area contributed by atoms with Crippen LogP contribution in [0.25, 0.3) is 6.08 Å². The second-order valence-electron chi connectivity index (χ2n) is 5.86. The third kappa shape index (κ3) is 3.94. The molecule has 1 aliphatic heterocycles. The zero-order valence-corrected chi connectivity index (χ0v) is 15.9. The molecule has 0 radical (unpaired) electrons. The summed E-state index contributed by atoms with van der Waals surface area (Å²) in [6.07, 6.45) is 3.82. The van der Waals surface area contributed by atoms with E-state index >= 15 is 0 Å². The van der Waals surface area contributed by atoms with E-state index in [9.17, 15) is 13.7 Å². The molecule has 0 atom stereocenters. The Labute approximate surface area is 156 Å². The van der Waals surface area contributed by atoms with Gasteiger partial charge in [0, 0.05) is 23.2 Å². The lowest BCUT2D eigenvalue weighted by molar-refractivity contribution is 0.603. The van der Waals surface area contributed by atoms with Gasteiger partial charge in [0.05, 0.1) is 4.90 Å². The number of hydrogen-bond acceptors (Lipinski definition) is 4. The summed E-state index contributed by atoms with van der Waals surface area (Å²) in [7, 11) is -3.82. The monoisotopic (exact) mass is 416 g/mol. The Bertz CT molecular complexity index is 921. The van der Waals surface area contributed by atoms with Crippen molar-refractivity contribution in [1.82, 2.24) is 0 Å². The van der Waals surface area contributed by atoms with Crippen molar-refractivity contribution in [2.45, 2.75) is 17.7 Å². The number of halogens is 1. The fraction of sp³-hybridized carbons (Fsp3) is 0.211. The highest BCUT2D eigenvalue weighted by Crippen LogP contribution is 2.25. The van der Waals surface area contributed by atoms with Gasteiger partial charge < -0.3 is 4.90 Å². The number of nitrogens with zero attached hydrogens (tertiary/aromatic N) is 2. The molecule has 0 bridgehead atoms. The summed E-state index contributed by atoms with van der Waals surface area (Å²) < 4.78 is 26.1. The summed E-state index contributed by atoms with van der Waals surface area (Å²) in [5.74, 6) is 0. The van der Waals surface area contributed by atoms with E-state index in [1.165, 1.54) is 31.1 Å². The van der Waals surface area contributed by atoms with Crippen molar-refractivity contribution >= 4 is 37.5 Å². The van der Waals surface area contributed by atoms with E-state index in [2.05, 4.69) is 20.8 Å². The summed E-state index contributed by atoms with van der Waals surface area (Å²) in [4.78, 5) is 2.15. The zero-order valence-electron chi connectivity index (χ0n) is 13.5. The standard InChI is InChI=1S/C19H17BrN2O2S/c20-16-5-9-18(10-6-16)25(23,24)19(14-21)13-15-3-7-17(8-4-15)22-11-1-2-12-22/h3-10,13H,1-2,11-12H2/b19-13+. The molecule has 1 fully saturated rings. The third-order valence-electron chi connectivity index (χ3n) is 4.19. The number of allylic oxidation sites excluding steroid dienone is 1. The number of sulfone groups is 1. The molecule has 1 aliphatic rings. The molecule has 6 heteroatoms. The van der Waals surface area contributed by atoms with Gasteiger partial charge in [-0.05, 0) is 60.9 Å². The molecule has 0 N–H and O–H groups in total. The Morgan fingerprint density at radius 2 is 1.64 bits per heavy atom. The van der Waals surface area contributed by atoms with E-state index in [1.807, 2.05) is 30.3 Å². The van der Waals surface area contributed by atoms with Crippen LogP contribution < -0.4 is 4.90 Å². The first-order chi connectivity index (χ1) is 12.0. The van der Waals surface area contributed by atoms with Gasteiger partial charge >= 0.3 is 0 Å². The minimum absolute atomic E-state index is 0.109. The Balaban J connectivity index is 1.89. The first-order valence-corrected chi connectivity index (χ1v) is 10.3. The average Bonchev–Trinajstić information content (AvgIpc) is 3.15. The number of hydrogen-bond donors (Lipinski definition) is 0. The van der Waals surface area contributed by atoms with E-state index < -0.39 is 9.84 Å². The summed E-state index contributed by atoms with van der Waals surface area (Å²) in [5, 5.41) is 9.35. The molecule has 0 aliphatic carbocycles. The highest BCUT2D eigenvalue weighted by Gasteiger charge is 2.20. The number of benzene rings is 2. The molecule has 2 aromatic rings. The first kappa shape index (κ1) is 17.7. The summed E-state index contributed by atoms with van der Waals surface area (Å²) >= 11 is 3.28. The average molecular weight is 417 g/mol. The van der Waals surface area contributed by atoms with Crippen LogP contribution in [0.5, 0.6) is 0 Å². The van der Waals surface area contributed by atoms with Crippen LogP contribution in [0, 0.1) is 11.3 Å². The molecule has 0 spiro atoms. The van der Waals surface area contributed by atoms with Gasteiger partial charge in [-0.15, -0.1) is 0 Å². The quantitative estimate of drug-likeness (QED) is 0.693. The second kappa shape index (κ2) is 7.42. The fourth-order valence-corrected chi connectivity index (χ4v) is 4.24. The predicted molar refractivity (Wildman–Crippen MR) is 103 cm³/mol. The second-order valence-corrected chi connectivity index (χ2v) is 8.70.